The molecule has 1 fully saturated rings. The number of likely N-dealkylation sites (tertiary alicyclic amines) is 1. The molecule has 1 heterocycles. The van der Waals surface area contributed by atoms with E-state index in [4.69, 9.17) is 4.74 Å². The van der Waals surface area contributed by atoms with E-state index in [1.54, 1.807) is 0 Å². The summed E-state index contributed by atoms with van der Waals surface area (Å²) in [7, 11) is 0. The molecule has 4 nitrogen and oxygen atoms in total. The predicted molar refractivity (Wildman–Crippen MR) is 99.5 cm³/mol. The van der Waals surface area contributed by atoms with Gasteiger partial charge in [0.2, 0.25) is 5.91 Å². The van der Waals surface area contributed by atoms with Crippen LogP contribution in [0.15, 0.2) is 24.3 Å². The van der Waals surface area contributed by atoms with Crippen molar-refractivity contribution in [2.24, 2.45) is 11.3 Å². The van der Waals surface area contributed by atoms with Crippen LogP contribution in [0.1, 0.15) is 47.0 Å². The molecule has 0 radical (unpaired) electrons. The van der Waals surface area contributed by atoms with E-state index in [9.17, 15) is 4.79 Å². The molecule has 1 aliphatic rings. The number of benzene rings is 1. The Morgan fingerprint density at radius 1 is 1.21 bits per heavy atom. The Hall–Kier alpha value is -1.55. The molecule has 0 atom stereocenters. The molecule has 0 saturated carbocycles. The number of hydrogen-bond acceptors (Lipinski definition) is 3. The maximum absolute atomic E-state index is 12.0. The van der Waals surface area contributed by atoms with Gasteiger partial charge in [-0.15, -0.1) is 0 Å². The van der Waals surface area contributed by atoms with Gasteiger partial charge in [-0.25, -0.2) is 0 Å². The molecule has 4 heteroatoms. The fourth-order valence-corrected chi connectivity index (χ4v) is 2.72. The van der Waals surface area contributed by atoms with Crippen molar-refractivity contribution in [2.45, 2.75) is 47.0 Å². The van der Waals surface area contributed by atoms with Crippen LogP contribution in [-0.4, -0.2) is 37.0 Å². The number of nitrogens with one attached hydrogen (secondary N) is 1. The van der Waals surface area contributed by atoms with Gasteiger partial charge in [0.15, 0.2) is 0 Å². The second-order valence-corrected chi connectivity index (χ2v) is 7.95. The number of piperidine rings is 1. The van der Waals surface area contributed by atoms with Crippen LogP contribution < -0.4 is 10.1 Å². The molecular weight excluding hydrogens is 300 g/mol. The number of ether oxygens (including phenoxy) is 1. The minimum absolute atomic E-state index is 0.0204. The smallest absolute Gasteiger partial charge is 0.229 e. The minimum atomic E-state index is -0.387. The second-order valence-electron chi connectivity index (χ2n) is 7.95. The van der Waals surface area contributed by atoms with E-state index in [0.717, 1.165) is 36.9 Å². The first-order valence-corrected chi connectivity index (χ1v) is 9.11. The fourth-order valence-electron chi connectivity index (χ4n) is 2.72. The van der Waals surface area contributed by atoms with Gasteiger partial charge in [0, 0.05) is 17.6 Å². The van der Waals surface area contributed by atoms with Crippen LogP contribution in [0, 0.1) is 11.3 Å². The minimum Gasteiger partial charge on any atom is -0.494 e. The average molecular weight is 332 g/mol. The summed E-state index contributed by atoms with van der Waals surface area (Å²) in [5.41, 5.74) is 0.422. The van der Waals surface area contributed by atoms with E-state index in [-0.39, 0.29) is 11.3 Å². The third-order valence-corrected chi connectivity index (χ3v) is 4.56. The van der Waals surface area contributed by atoms with Crippen LogP contribution >= 0.6 is 0 Å². The van der Waals surface area contributed by atoms with Gasteiger partial charge in [-0.1, -0.05) is 27.7 Å². The molecule has 1 aromatic carbocycles. The topological polar surface area (TPSA) is 41.6 Å². The molecule has 1 aliphatic heterocycles. The van der Waals surface area contributed by atoms with E-state index in [2.05, 4.69) is 17.1 Å². The van der Waals surface area contributed by atoms with Crippen LogP contribution in [0.4, 0.5) is 5.69 Å². The number of carbonyl (C=O) groups is 1. The summed E-state index contributed by atoms with van der Waals surface area (Å²) < 4.78 is 5.81. The number of anilines is 1. The normalized spacial score (nSPS) is 16.8. The van der Waals surface area contributed by atoms with Gasteiger partial charge in [0.05, 0.1) is 6.61 Å². The fraction of sp³-hybridized carbons (Fsp3) is 0.650. The first-order valence-electron chi connectivity index (χ1n) is 9.11. The highest BCUT2D eigenvalue weighted by Crippen LogP contribution is 2.20. The number of carbonyl (C=O) groups excluding carboxylic acids is 1. The quantitative estimate of drug-likeness (QED) is 0.795. The molecule has 1 saturated heterocycles. The Bertz CT molecular complexity index is 511. The van der Waals surface area contributed by atoms with Gasteiger partial charge in [-0.3, -0.25) is 4.79 Å². The van der Waals surface area contributed by atoms with Crippen molar-refractivity contribution < 1.29 is 9.53 Å². The third-order valence-electron chi connectivity index (χ3n) is 4.56. The Morgan fingerprint density at radius 3 is 2.42 bits per heavy atom. The lowest BCUT2D eigenvalue weighted by molar-refractivity contribution is -0.123. The molecule has 1 amide bonds. The molecule has 0 spiro atoms. The summed E-state index contributed by atoms with van der Waals surface area (Å²) in [6.07, 6.45) is 3.70. The van der Waals surface area contributed by atoms with Crippen LogP contribution in [0.3, 0.4) is 0 Å². The zero-order valence-corrected chi connectivity index (χ0v) is 15.6. The summed E-state index contributed by atoms with van der Waals surface area (Å²) in [4.78, 5) is 14.5. The third kappa shape index (κ3) is 6.16. The summed E-state index contributed by atoms with van der Waals surface area (Å²) in [6, 6.07) is 7.62. The lowest BCUT2D eigenvalue weighted by Crippen LogP contribution is -2.34. The van der Waals surface area contributed by atoms with Gasteiger partial charge in [0.1, 0.15) is 5.75 Å². The maximum atomic E-state index is 12.0. The SMILES string of the molecule is CC1CCN(CCCOc2ccc(NC(=O)C(C)(C)C)cc2)CC1. The van der Waals surface area contributed by atoms with E-state index in [1.165, 1.54) is 25.9 Å². The highest BCUT2D eigenvalue weighted by molar-refractivity contribution is 5.94. The standard InChI is InChI=1S/C20H32N2O2/c1-16-10-13-22(14-11-16)12-5-15-24-18-8-6-17(7-9-18)21-19(23)20(2,3)4/h6-9,16H,5,10-15H2,1-4H3,(H,21,23). The van der Waals surface area contributed by atoms with Crippen molar-refractivity contribution in [2.75, 3.05) is 31.6 Å². The highest BCUT2D eigenvalue weighted by Gasteiger charge is 2.21. The molecule has 0 bridgehead atoms. The molecule has 1 N–H and O–H groups in total. The van der Waals surface area contributed by atoms with Gasteiger partial charge < -0.3 is 15.0 Å². The van der Waals surface area contributed by atoms with E-state index < -0.39 is 0 Å². The number of rotatable bonds is 6. The van der Waals surface area contributed by atoms with Crippen molar-refractivity contribution in [3.05, 3.63) is 24.3 Å². The second kappa shape index (κ2) is 8.52. The van der Waals surface area contributed by atoms with Crippen molar-refractivity contribution in [3.8, 4) is 5.75 Å². The molecule has 134 valence electrons. The molecule has 0 unspecified atom stereocenters. The Morgan fingerprint density at radius 2 is 1.83 bits per heavy atom. The van der Waals surface area contributed by atoms with Crippen molar-refractivity contribution >= 4 is 11.6 Å². The molecule has 1 aromatic rings. The van der Waals surface area contributed by atoms with Crippen molar-refractivity contribution in [3.63, 3.8) is 0 Å². The largest absolute Gasteiger partial charge is 0.494 e. The van der Waals surface area contributed by atoms with E-state index in [1.807, 2.05) is 45.0 Å². The Labute approximate surface area is 146 Å². The average Bonchev–Trinajstić information content (AvgIpc) is 2.54. The Balaban J connectivity index is 1.67. The molecule has 0 aromatic heterocycles. The predicted octanol–water partition coefficient (Wildman–Crippen LogP) is 4.17. The number of nitrogens with zero attached hydrogens (tertiary/aromatic N) is 1. The maximum Gasteiger partial charge on any atom is 0.229 e. The summed E-state index contributed by atoms with van der Waals surface area (Å²) in [6.45, 7) is 12.4. The number of hydrogen-bond donors (Lipinski definition) is 1. The zero-order chi connectivity index (χ0) is 17.6. The summed E-state index contributed by atoms with van der Waals surface area (Å²) in [5, 5.41) is 2.92. The van der Waals surface area contributed by atoms with Crippen molar-refractivity contribution in [1.82, 2.24) is 4.90 Å². The molecule has 0 aliphatic carbocycles. The lowest BCUT2D eigenvalue weighted by Gasteiger charge is -2.30. The summed E-state index contributed by atoms with van der Waals surface area (Å²) >= 11 is 0. The van der Waals surface area contributed by atoms with Gasteiger partial charge in [-0.05, 0) is 62.5 Å². The van der Waals surface area contributed by atoms with E-state index in [0.29, 0.717) is 0 Å². The highest BCUT2D eigenvalue weighted by atomic mass is 16.5. The van der Waals surface area contributed by atoms with Crippen LogP contribution in [0.2, 0.25) is 0 Å². The first-order chi connectivity index (χ1) is 11.3. The molecule has 24 heavy (non-hydrogen) atoms. The zero-order valence-electron chi connectivity index (χ0n) is 15.6. The van der Waals surface area contributed by atoms with Crippen LogP contribution in [-0.2, 0) is 4.79 Å². The van der Waals surface area contributed by atoms with E-state index >= 15 is 0 Å². The summed E-state index contributed by atoms with van der Waals surface area (Å²) in [5.74, 6) is 1.76. The monoisotopic (exact) mass is 332 g/mol. The lowest BCUT2D eigenvalue weighted by atomic mass is 9.95. The Kier molecular flexibility index (Phi) is 6.67. The molecule has 2 rings (SSSR count). The molecular formula is C20H32N2O2. The van der Waals surface area contributed by atoms with Crippen LogP contribution in [0.5, 0.6) is 5.75 Å². The van der Waals surface area contributed by atoms with Gasteiger partial charge in [0.25, 0.3) is 0 Å². The number of amides is 1. The van der Waals surface area contributed by atoms with Crippen molar-refractivity contribution in [1.29, 1.82) is 0 Å². The van der Waals surface area contributed by atoms with Gasteiger partial charge in [-0.2, -0.15) is 0 Å². The van der Waals surface area contributed by atoms with Crippen LogP contribution in [0.25, 0.3) is 0 Å². The first kappa shape index (κ1) is 18.8. The van der Waals surface area contributed by atoms with Gasteiger partial charge >= 0.3 is 0 Å².